The zero-order valence-corrected chi connectivity index (χ0v) is 22.2. The zero-order chi connectivity index (χ0) is 23.6. The summed E-state index contributed by atoms with van der Waals surface area (Å²) in [5.74, 6) is 0. The normalized spacial score (nSPS) is 11.6. The summed E-state index contributed by atoms with van der Waals surface area (Å²) < 4.78 is 3.39. The van der Waals surface area contributed by atoms with E-state index in [1.165, 1.54) is 60.8 Å². The van der Waals surface area contributed by atoms with Gasteiger partial charge in [0.25, 0.3) is 0 Å². The second-order valence-electron chi connectivity index (χ2n) is 9.09. The first-order chi connectivity index (χ1) is 15.7. The van der Waals surface area contributed by atoms with E-state index in [4.69, 9.17) is 11.6 Å². The van der Waals surface area contributed by atoms with Gasteiger partial charge in [0.1, 0.15) is 0 Å². The zero-order valence-electron chi connectivity index (χ0n) is 19.9. The Morgan fingerprint density at radius 1 is 0.667 bits per heavy atom. The van der Waals surface area contributed by atoms with Crippen LogP contribution in [0.2, 0.25) is 5.02 Å². The van der Waals surface area contributed by atoms with E-state index in [0.29, 0.717) is 0 Å². The van der Waals surface area contributed by atoms with E-state index in [1.807, 2.05) is 6.92 Å². The molecule has 0 radical (unpaired) electrons. The van der Waals surface area contributed by atoms with Crippen molar-refractivity contribution in [3.63, 3.8) is 0 Å². The largest absolute Gasteiger partial charge is 0.309 e. The summed E-state index contributed by atoms with van der Waals surface area (Å²) >= 11 is 10.4. The number of para-hydroxylation sites is 2. The molecule has 1 heterocycles. The average Bonchev–Trinajstić information content (AvgIpc) is 3.15. The van der Waals surface area contributed by atoms with Crippen molar-refractivity contribution in [3.05, 3.63) is 97.5 Å². The molecule has 0 atom stereocenters. The van der Waals surface area contributed by atoms with Crippen LogP contribution < -0.4 is 0 Å². The SMILES string of the molecule is Cc1c(Cl)cc(-n2c3ccccc3c3cccc(-c4c(C)c(C)c(C)c(C)c4C)c32)cc1Br. The third kappa shape index (κ3) is 3.26. The molecule has 0 aliphatic rings. The van der Waals surface area contributed by atoms with Gasteiger partial charge >= 0.3 is 0 Å². The van der Waals surface area contributed by atoms with Gasteiger partial charge in [-0.2, -0.15) is 0 Å². The molecule has 1 aromatic heterocycles. The molecule has 4 aromatic carbocycles. The first-order valence-corrected chi connectivity index (χ1v) is 12.4. The van der Waals surface area contributed by atoms with Gasteiger partial charge in [0.15, 0.2) is 0 Å². The Balaban J connectivity index is 2.01. The summed E-state index contributed by atoms with van der Waals surface area (Å²) in [5.41, 5.74) is 13.9. The first-order valence-electron chi connectivity index (χ1n) is 11.3. The lowest BCUT2D eigenvalue weighted by atomic mass is 9.85. The number of hydrogen-bond acceptors (Lipinski definition) is 0. The van der Waals surface area contributed by atoms with Gasteiger partial charge < -0.3 is 4.57 Å². The van der Waals surface area contributed by atoms with Gasteiger partial charge in [-0.15, -0.1) is 0 Å². The number of hydrogen-bond donors (Lipinski definition) is 0. The monoisotopic (exact) mass is 515 g/mol. The number of nitrogens with zero attached hydrogens (tertiary/aromatic N) is 1. The number of rotatable bonds is 2. The predicted octanol–water partition coefficient (Wildman–Crippen LogP) is 9.72. The third-order valence-electron chi connectivity index (χ3n) is 7.49. The number of aromatic nitrogens is 1. The Hall–Kier alpha value is -2.55. The van der Waals surface area contributed by atoms with Gasteiger partial charge in [-0.05, 0) is 98.7 Å². The highest BCUT2D eigenvalue weighted by Gasteiger charge is 2.21. The standard InChI is InChI=1S/C30H27BrClN/c1-16-17(2)19(4)29(20(5)18(16)3)25-12-9-11-24-23-10-7-8-13-28(23)33(30(24)25)22-14-26(31)21(6)27(32)15-22/h7-15H,1-6H3. The van der Waals surface area contributed by atoms with Crippen LogP contribution in [-0.4, -0.2) is 4.57 Å². The topological polar surface area (TPSA) is 4.93 Å². The van der Waals surface area contributed by atoms with Crippen molar-refractivity contribution in [2.75, 3.05) is 0 Å². The molecule has 0 aliphatic carbocycles. The minimum absolute atomic E-state index is 0.761. The van der Waals surface area contributed by atoms with Crippen LogP contribution in [0.5, 0.6) is 0 Å². The van der Waals surface area contributed by atoms with E-state index in [2.05, 4.69) is 110 Å². The van der Waals surface area contributed by atoms with Crippen molar-refractivity contribution in [1.29, 1.82) is 0 Å². The molecule has 0 spiro atoms. The number of fused-ring (bicyclic) bond motifs is 3. The molecule has 0 amide bonds. The van der Waals surface area contributed by atoms with Gasteiger partial charge in [-0.3, -0.25) is 0 Å². The maximum Gasteiger partial charge on any atom is 0.0619 e. The molecule has 0 saturated carbocycles. The fourth-order valence-electron chi connectivity index (χ4n) is 5.15. The molecule has 5 rings (SSSR count). The molecule has 0 saturated heterocycles. The van der Waals surface area contributed by atoms with Crippen molar-refractivity contribution < 1.29 is 0 Å². The van der Waals surface area contributed by atoms with Gasteiger partial charge in [-0.1, -0.05) is 63.9 Å². The van der Waals surface area contributed by atoms with Crippen LogP contribution in [0, 0.1) is 41.5 Å². The quantitative estimate of drug-likeness (QED) is 0.220. The predicted molar refractivity (Wildman–Crippen MR) is 147 cm³/mol. The van der Waals surface area contributed by atoms with Crippen LogP contribution in [0.25, 0.3) is 38.6 Å². The number of benzene rings is 4. The molecule has 0 fully saturated rings. The van der Waals surface area contributed by atoms with E-state index >= 15 is 0 Å². The lowest BCUT2D eigenvalue weighted by Gasteiger charge is -2.21. The Kier molecular flexibility index (Phi) is 5.42. The van der Waals surface area contributed by atoms with Crippen LogP contribution in [0.1, 0.15) is 33.4 Å². The Morgan fingerprint density at radius 2 is 1.27 bits per heavy atom. The highest BCUT2D eigenvalue weighted by molar-refractivity contribution is 9.10. The molecule has 0 N–H and O–H groups in total. The molecule has 0 unspecified atom stereocenters. The second kappa shape index (κ2) is 8.04. The van der Waals surface area contributed by atoms with Crippen molar-refractivity contribution in [3.8, 4) is 16.8 Å². The van der Waals surface area contributed by atoms with Crippen molar-refractivity contribution in [2.45, 2.75) is 41.5 Å². The third-order valence-corrected chi connectivity index (χ3v) is 8.70. The molecule has 1 nitrogen and oxygen atoms in total. The first kappa shape index (κ1) is 22.3. The van der Waals surface area contributed by atoms with E-state index in [9.17, 15) is 0 Å². The number of halogens is 2. The maximum absolute atomic E-state index is 6.66. The smallest absolute Gasteiger partial charge is 0.0619 e. The molecular formula is C30H27BrClN. The highest BCUT2D eigenvalue weighted by atomic mass is 79.9. The Morgan fingerprint density at radius 3 is 1.94 bits per heavy atom. The van der Waals surface area contributed by atoms with E-state index in [0.717, 1.165) is 20.7 Å². The molecule has 0 bridgehead atoms. The Bertz CT molecular complexity index is 1540. The van der Waals surface area contributed by atoms with E-state index in [1.54, 1.807) is 0 Å². The van der Waals surface area contributed by atoms with Crippen LogP contribution in [-0.2, 0) is 0 Å². The molecule has 5 aromatic rings. The van der Waals surface area contributed by atoms with Crippen molar-refractivity contribution in [1.82, 2.24) is 4.57 Å². The van der Waals surface area contributed by atoms with E-state index in [-0.39, 0.29) is 0 Å². The fourth-order valence-corrected chi connectivity index (χ4v) is 5.93. The summed E-state index contributed by atoms with van der Waals surface area (Å²) in [6.45, 7) is 13.3. The van der Waals surface area contributed by atoms with Gasteiger partial charge in [0, 0.05) is 31.5 Å². The lowest BCUT2D eigenvalue weighted by molar-refractivity contribution is 1.16. The molecule has 33 heavy (non-hydrogen) atoms. The summed E-state index contributed by atoms with van der Waals surface area (Å²) in [5, 5.41) is 3.26. The van der Waals surface area contributed by atoms with Gasteiger partial charge in [0.05, 0.1) is 11.0 Å². The molecular weight excluding hydrogens is 490 g/mol. The van der Waals surface area contributed by atoms with Crippen molar-refractivity contribution in [2.24, 2.45) is 0 Å². The summed E-state index contributed by atoms with van der Waals surface area (Å²) in [6, 6.07) is 19.6. The van der Waals surface area contributed by atoms with Gasteiger partial charge in [-0.25, -0.2) is 0 Å². The van der Waals surface area contributed by atoms with E-state index < -0.39 is 0 Å². The summed E-state index contributed by atoms with van der Waals surface area (Å²) in [4.78, 5) is 0. The summed E-state index contributed by atoms with van der Waals surface area (Å²) in [6.07, 6.45) is 0. The summed E-state index contributed by atoms with van der Waals surface area (Å²) in [7, 11) is 0. The molecule has 3 heteroatoms. The highest BCUT2D eigenvalue weighted by Crippen LogP contribution is 2.42. The Labute approximate surface area is 209 Å². The molecule has 0 aliphatic heterocycles. The van der Waals surface area contributed by atoms with Crippen molar-refractivity contribution >= 4 is 49.3 Å². The minimum atomic E-state index is 0.761. The average molecular weight is 517 g/mol. The maximum atomic E-state index is 6.66. The fraction of sp³-hybridized carbons (Fsp3) is 0.200. The second-order valence-corrected chi connectivity index (χ2v) is 10.4. The van der Waals surface area contributed by atoms with Crippen LogP contribution in [0.3, 0.4) is 0 Å². The minimum Gasteiger partial charge on any atom is -0.309 e. The van der Waals surface area contributed by atoms with Crippen LogP contribution in [0.15, 0.2) is 59.1 Å². The lowest BCUT2D eigenvalue weighted by Crippen LogP contribution is -2.02. The van der Waals surface area contributed by atoms with Gasteiger partial charge in [0.2, 0.25) is 0 Å². The molecule has 166 valence electrons. The van der Waals surface area contributed by atoms with Crippen LogP contribution in [0.4, 0.5) is 0 Å². The van der Waals surface area contributed by atoms with Crippen LogP contribution >= 0.6 is 27.5 Å².